The molecule has 1 fully saturated rings. The molecule has 0 spiro atoms. The lowest BCUT2D eigenvalue weighted by atomic mass is 9.79. The van der Waals surface area contributed by atoms with Crippen molar-refractivity contribution in [2.75, 3.05) is 6.61 Å². The Morgan fingerprint density at radius 3 is 2.39 bits per heavy atom. The summed E-state index contributed by atoms with van der Waals surface area (Å²) < 4.78 is 26.0. The summed E-state index contributed by atoms with van der Waals surface area (Å²) >= 11 is 0. The average Bonchev–Trinajstić information content (AvgIpc) is 2.68. The van der Waals surface area contributed by atoms with E-state index in [1.54, 1.807) is 6.07 Å². The molecule has 1 aromatic carbocycles. The van der Waals surface area contributed by atoms with Crippen molar-refractivity contribution in [1.82, 2.24) is 0 Å². The summed E-state index contributed by atoms with van der Waals surface area (Å²) in [5.41, 5.74) is 1.33. The largest absolute Gasteiger partial charge is 0.458 e. The Balaban J connectivity index is 1.47. The molecule has 0 aromatic heterocycles. The van der Waals surface area contributed by atoms with Crippen LogP contribution in [0.15, 0.2) is 12.1 Å². The fourth-order valence-electron chi connectivity index (χ4n) is 4.79. The van der Waals surface area contributed by atoms with E-state index in [9.17, 15) is 9.18 Å². The fraction of sp³-hybridized carbons (Fsp3) is 0.708. The lowest BCUT2D eigenvalue weighted by Crippen LogP contribution is -2.29. The molecule has 156 valence electrons. The molecule has 0 saturated heterocycles. The summed E-state index contributed by atoms with van der Waals surface area (Å²) in [5, 5.41) is 0. The number of hydrogen-bond donors (Lipinski definition) is 0. The zero-order chi connectivity index (χ0) is 19.9. The Morgan fingerprint density at radius 1 is 1.04 bits per heavy atom. The first-order valence-electron chi connectivity index (χ1n) is 11.2. The third-order valence-corrected chi connectivity index (χ3v) is 6.44. The van der Waals surface area contributed by atoms with Gasteiger partial charge in [0, 0.05) is 18.6 Å². The van der Waals surface area contributed by atoms with Gasteiger partial charge in [-0.2, -0.15) is 0 Å². The molecule has 0 radical (unpaired) electrons. The second-order valence-corrected chi connectivity index (χ2v) is 8.61. The van der Waals surface area contributed by atoms with Gasteiger partial charge in [0.15, 0.2) is 0 Å². The minimum Gasteiger partial charge on any atom is -0.458 e. The van der Waals surface area contributed by atoms with Crippen molar-refractivity contribution in [2.24, 2.45) is 11.8 Å². The molecule has 1 heterocycles. The first-order valence-corrected chi connectivity index (χ1v) is 11.2. The van der Waals surface area contributed by atoms with Crippen molar-refractivity contribution in [2.45, 2.75) is 90.8 Å². The van der Waals surface area contributed by atoms with E-state index in [4.69, 9.17) is 9.47 Å². The first kappa shape index (κ1) is 21.3. The molecule has 1 atom stereocenters. The van der Waals surface area contributed by atoms with Gasteiger partial charge in [0.1, 0.15) is 11.9 Å². The van der Waals surface area contributed by atoms with E-state index in [1.807, 2.05) is 6.07 Å². The molecule has 1 aliphatic carbocycles. The van der Waals surface area contributed by atoms with Crippen LogP contribution in [0.25, 0.3) is 0 Å². The second kappa shape index (κ2) is 10.4. The van der Waals surface area contributed by atoms with Gasteiger partial charge < -0.3 is 9.47 Å². The lowest BCUT2D eigenvalue weighted by Gasteiger charge is -2.28. The molecule has 28 heavy (non-hydrogen) atoms. The maximum atomic E-state index is 14.8. The number of rotatable bonds is 9. The molecular weight excluding hydrogens is 355 g/mol. The van der Waals surface area contributed by atoms with Gasteiger partial charge in [-0.15, -0.1) is 0 Å². The highest BCUT2D eigenvalue weighted by molar-refractivity contribution is 5.92. The zero-order valence-corrected chi connectivity index (χ0v) is 17.5. The number of carbonyl (C=O) groups is 1. The van der Waals surface area contributed by atoms with Crippen LogP contribution in [0.5, 0.6) is 0 Å². The molecule has 0 bridgehead atoms. The predicted octanol–water partition coefficient (Wildman–Crippen LogP) is 6.22. The van der Waals surface area contributed by atoms with Gasteiger partial charge in [-0.1, -0.05) is 70.9 Å². The van der Waals surface area contributed by atoms with E-state index in [1.165, 1.54) is 38.5 Å². The fourth-order valence-corrected chi connectivity index (χ4v) is 4.79. The third-order valence-electron chi connectivity index (χ3n) is 6.44. The molecule has 1 unspecified atom stereocenters. The van der Waals surface area contributed by atoms with Crippen molar-refractivity contribution >= 4 is 5.97 Å². The monoisotopic (exact) mass is 390 g/mol. The molecule has 3 nitrogen and oxygen atoms in total. The zero-order valence-electron chi connectivity index (χ0n) is 17.5. The summed E-state index contributed by atoms with van der Waals surface area (Å²) in [6, 6.07) is 3.64. The van der Waals surface area contributed by atoms with Crippen LogP contribution in [0.2, 0.25) is 0 Å². The maximum absolute atomic E-state index is 14.8. The van der Waals surface area contributed by atoms with Gasteiger partial charge in [-0.05, 0) is 30.2 Å². The summed E-state index contributed by atoms with van der Waals surface area (Å²) in [7, 11) is 0. The van der Waals surface area contributed by atoms with E-state index < -0.39 is 11.8 Å². The van der Waals surface area contributed by atoms with E-state index in [0.717, 1.165) is 36.7 Å². The Labute approximate surface area is 169 Å². The highest BCUT2D eigenvalue weighted by Gasteiger charge is 2.30. The van der Waals surface area contributed by atoms with Crippen molar-refractivity contribution < 1.29 is 18.7 Å². The number of esters is 1. The first-order chi connectivity index (χ1) is 13.6. The number of ether oxygens (including phenoxy) is 2. The predicted molar refractivity (Wildman–Crippen MR) is 109 cm³/mol. The van der Waals surface area contributed by atoms with Crippen LogP contribution in [-0.2, 0) is 22.5 Å². The molecule has 0 amide bonds. The number of halogens is 1. The molecule has 2 aliphatic rings. The summed E-state index contributed by atoms with van der Waals surface area (Å²) in [6.45, 7) is 5.20. The van der Waals surface area contributed by atoms with Crippen LogP contribution in [-0.4, -0.2) is 18.7 Å². The molecule has 3 rings (SSSR count). The molecule has 1 aliphatic heterocycles. The van der Waals surface area contributed by atoms with Crippen LogP contribution < -0.4 is 0 Å². The van der Waals surface area contributed by atoms with Crippen LogP contribution in [0.4, 0.5) is 4.39 Å². The van der Waals surface area contributed by atoms with Crippen molar-refractivity contribution in [3.63, 3.8) is 0 Å². The Kier molecular flexibility index (Phi) is 7.90. The number of hydrogen-bond acceptors (Lipinski definition) is 3. The minimum absolute atomic E-state index is 0.114. The SMILES string of the molecule is CCCC1CCC(CCOCc2ccc3c(c2F)C(=O)OC(CCC)C3)CC1. The van der Waals surface area contributed by atoms with Crippen molar-refractivity contribution in [3.8, 4) is 0 Å². The molecule has 0 N–H and O–H groups in total. The van der Waals surface area contributed by atoms with Crippen LogP contribution in [0.3, 0.4) is 0 Å². The van der Waals surface area contributed by atoms with Crippen molar-refractivity contribution in [3.05, 3.63) is 34.6 Å². The highest BCUT2D eigenvalue weighted by atomic mass is 19.1. The second-order valence-electron chi connectivity index (χ2n) is 8.61. The van der Waals surface area contributed by atoms with Crippen LogP contribution in [0, 0.1) is 17.7 Å². The average molecular weight is 391 g/mol. The minimum atomic E-state index is -0.525. The Morgan fingerprint density at radius 2 is 1.71 bits per heavy atom. The third kappa shape index (κ3) is 5.34. The van der Waals surface area contributed by atoms with E-state index in [-0.39, 0.29) is 18.3 Å². The molecular formula is C24H35FO3. The van der Waals surface area contributed by atoms with Gasteiger partial charge in [-0.25, -0.2) is 9.18 Å². The Hall–Kier alpha value is -1.42. The smallest absolute Gasteiger partial charge is 0.341 e. The topological polar surface area (TPSA) is 35.5 Å². The van der Waals surface area contributed by atoms with Crippen LogP contribution in [0.1, 0.15) is 93.1 Å². The van der Waals surface area contributed by atoms with Gasteiger partial charge >= 0.3 is 5.97 Å². The standard InChI is InChI=1S/C24H35FO3/c1-3-5-17-7-9-18(10-8-17)13-14-27-16-20-12-11-19-15-21(6-4-2)28-24(26)22(19)23(20)25/h11-12,17-18,21H,3-10,13-16H2,1-2H3. The van der Waals surface area contributed by atoms with Gasteiger partial charge in [0.2, 0.25) is 0 Å². The molecule has 1 aromatic rings. The van der Waals surface area contributed by atoms with Gasteiger partial charge in [0.05, 0.1) is 12.2 Å². The molecule has 1 saturated carbocycles. The highest BCUT2D eigenvalue weighted by Crippen LogP contribution is 2.33. The van der Waals surface area contributed by atoms with E-state index in [0.29, 0.717) is 18.6 Å². The summed E-state index contributed by atoms with van der Waals surface area (Å²) in [5.74, 6) is 0.677. The number of cyclic esters (lactones) is 1. The van der Waals surface area contributed by atoms with Crippen LogP contribution >= 0.6 is 0 Å². The number of benzene rings is 1. The maximum Gasteiger partial charge on any atom is 0.341 e. The molecule has 4 heteroatoms. The normalized spacial score (nSPS) is 24.7. The summed E-state index contributed by atoms with van der Waals surface area (Å²) in [4.78, 5) is 12.3. The Bertz CT molecular complexity index is 649. The van der Waals surface area contributed by atoms with Gasteiger partial charge in [-0.3, -0.25) is 0 Å². The quantitative estimate of drug-likeness (QED) is 0.371. The van der Waals surface area contributed by atoms with E-state index in [2.05, 4.69) is 13.8 Å². The number of carbonyl (C=O) groups excluding carboxylic acids is 1. The number of fused-ring (bicyclic) bond motifs is 1. The summed E-state index contributed by atoms with van der Waals surface area (Å²) in [6.07, 6.45) is 11.2. The lowest BCUT2D eigenvalue weighted by molar-refractivity contribution is 0.0228. The van der Waals surface area contributed by atoms with Crippen molar-refractivity contribution in [1.29, 1.82) is 0 Å². The van der Waals surface area contributed by atoms with Gasteiger partial charge in [0.25, 0.3) is 0 Å². The van der Waals surface area contributed by atoms with E-state index >= 15 is 0 Å².